The summed E-state index contributed by atoms with van der Waals surface area (Å²) in [5.41, 5.74) is 0.484. The molecular formula is C22H32F4N2O6. The number of hydrogen-bond acceptors (Lipinski definition) is 7. The SMILES string of the molecule is COCCN(C[C@@H]1CN(C[C@@H](O)COCC(F)(F)C(F)F)CCO1)C(=O)c1ccc(OC)cc1. The zero-order chi connectivity index (χ0) is 25.1. The van der Waals surface area contributed by atoms with Crippen LogP contribution in [0.1, 0.15) is 10.4 Å². The molecule has 194 valence electrons. The number of rotatable bonds is 14. The van der Waals surface area contributed by atoms with E-state index in [9.17, 15) is 27.5 Å². The third-order valence-corrected chi connectivity index (χ3v) is 5.23. The number of β-amino-alcohol motifs (C(OH)–C–C–N with tert-alkyl or cyclic N) is 1. The van der Waals surface area contributed by atoms with Crippen molar-refractivity contribution in [3.63, 3.8) is 0 Å². The number of methoxy groups -OCH3 is 2. The highest BCUT2D eigenvalue weighted by atomic mass is 19.3. The van der Waals surface area contributed by atoms with Gasteiger partial charge in [0.25, 0.3) is 5.91 Å². The number of morpholine rings is 1. The van der Waals surface area contributed by atoms with Crippen LogP contribution in [0.4, 0.5) is 17.6 Å². The number of benzene rings is 1. The molecule has 0 aliphatic carbocycles. The lowest BCUT2D eigenvalue weighted by molar-refractivity contribution is -0.171. The standard InChI is InChI=1S/C22H32F4N2O6/c1-31-9-8-28(20(30)16-3-5-18(32-2)6-4-16)13-19-12-27(7-10-34-19)11-17(29)14-33-15-22(25,26)21(23)24/h3-6,17,19,21,29H,7-15H2,1-2H3/t17-,19+/m1/s1. The molecule has 2 atom stereocenters. The molecule has 0 unspecified atom stereocenters. The van der Waals surface area contributed by atoms with Crippen molar-refractivity contribution in [2.45, 2.75) is 24.6 Å². The van der Waals surface area contributed by atoms with Crippen molar-refractivity contribution in [3.05, 3.63) is 29.8 Å². The summed E-state index contributed by atoms with van der Waals surface area (Å²) in [5, 5.41) is 10.1. The highest BCUT2D eigenvalue weighted by Gasteiger charge is 2.41. The second kappa shape index (κ2) is 13.8. The second-order valence-electron chi connectivity index (χ2n) is 7.96. The average molecular weight is 496 g/mol. The van der Waals surface area contributed by atoms with Crippen LogP contribution >= 0.6 is 0 Å². The van der Waals surface area contributed by atoms with Gasteiger partial charge < -0.3 is 29.0 Å². The number of amides is 1. The Balaban J connectivity index is 1.88. The first-order valence-electron chi connectivity index (χ1n) is 10.8. The second-order valence-corrected chi connectivity index (χ2v) is 7.96. The van der Waals surface area contributed by atoms with Crippen LogP contribution in [0.5, 0.6) is 5.75 Å². The van der Waals surface area contributed by atoms with E-state index in [1.165, 1.54) is 14.2 Å². The summed E-state index contributed by atoms with van der Waals surface area (Å²) < 4.78 is 70.8. The number of alkyl halides is 4. The predicted molar refractivity (Wildman–Crippen MR) is 115 cm³/mol. The first kappa shape index (κ1) is 28.2. The molecule has 0 saturated carbocycles. The van der Waals surface area contributed by atoms with Crippen molar-refractivity contribution < 1.29 is 46.4 Å². The zero-order valence-electron chi connectivity index (χ0n) is 19.3. The van der Waals surface area contributed by atoms with Gasteiger partial charge in [0.15, 0.2) is 0 Å². The van der Waals surface area contributed by atoms with Crippen LogP contribution in [0.2, 0.25) is 0 Å². The maximum atomic E-state index is 13.0. The molecule has 2 rings (SSSR count). The Morgan fingerprint density at radius 3 is 2.62 bits per heavy atom. The zero-order valence-corrected chi connectivity index (χ0v) is 19.3. The van der Waals surface area contributed by atoms with Crippen molar-refractivity contribution in [1.82, 2.24) is 9.80 Å². The van der Waals surface area contributed by atoms with Crippen molar-refractivity contribution in [3.8, 4) is 5.75 Å². The Hall–Kier alpha value is -1.99. The summed E-state index contributed by atoms with van der Waals surface area (Å²) in [4.78, 5) is 16.5. The van der Waals surface area contributed by atoms with Gasteiger partial charge in [0.05, 0.1) is 39.1 Å². The van der Waals surface area contributed by atoms with Gasteiger partial charge in [0.2, 0.25) is 0 Å². The molecule has 1 N–H and O–H groups in total. The van der Waals surface area contributed by atoms with Crippen molar-refractivity contribution in [2.24, 2.45) is 0 Å². The summed E-state index contributed by atoms with van der Waals surface area (Å²) >= 11 is 0. The van der Waals surface area contributed by atoms with Gasteiger partial charge in [-0.2, -0.15) is 8.78 Å². The summed E-state index contributed by atoms with van der Waals surface area (Å²) in [6.45, 7) is 0.275. The van der Waals surface area contributed by atoms with Gasteiger partial charge in [0.1, 0.15) is 12.4 Å². The highest BCUT2D eigenvalue weighted by molar-refractivity contribution is 5.94. The van der Waals surface area contributed by atoms with E-state index in [1.807, 2.05) is 4.90 Å². The Morgan fingerprint density at radius 1 is 1.29 bits per heavy atom. The Kier molecular flexibility index (Phi) is 11.5. The summed E-state index contributed by atoms with van der Waals surface area (Å²) in [5.74, 6) is -3.83. The minimum atomic E-state index is -4.26. The molecule has 0 radical (unpaired) electrons. The van der Waals surface area contributed by atoms with Gasteiger partial charge >= 0.3 is 12.3 Å². The fourth-order valence-corrected chi connectivity index (χ4v) is 3.44. The molecule has 0 aromatic heterocycles. The lowest BCUT2D eigenvalue weighted by atomic mass is 10.1. The van der Waals surface area contributed by atoms with Gasteiger partial charge in [-0.3, -0.25) is 9.69 Å². The van der Waals surface area contributed by atoms with Crippen LogP contribution in [-0.2, 0) is 14.2 Å². The normalized spacial score (nSPS) is 18.2. The third kappa shape index (κ3) is 8.99. The minimum absolute atomic E-state index is 0.0879. The summed E-state index contributed by atoms with van der Waals surface area (Å²) in [7, 11) is 3.07. The molecule has 0 spiro atoms. The number of aliphatic hydroxyl groups is 1. The monoisotopic (exact) mass is 496 g/mol. The van der Waals surface area contributed by atoms with Crippen LogP contribution in [0.25, 0.3) is 0 Å². The molecule has 1 saturated heterocycles. The highest BCUT2D eigenvalue weighted by Crippen LogP contribution is 2.23. The fourth-order valence-electron chi connectivity index (χ4n) is 3.44. The van der Waals surface area contributed by atoms with Crippen LogP contribution in [-0.4, -0.2) is 119 Å². The minimum Gasteiger partial charge on any atom is -0.497 e. The number of nitrogens with zero attached hydrogens (tertiary/aromatic N) is 2. The molecule has 1 aliphatic rings. The van der Waals surface area contributed by atoms with E-state index >= 15 is 0 Å². The van der Waals surface area contributed by atoms with E-state index in [0.29, 0.717) is 44.2 Å². The van der Waals surface area contributed by atoms with Gasteiger partial charge in [-0.05, 0) is 24.3 Å². The van der Waals surface area contributed by atoms with Gasteiger partial charge in [-0.15, -0.1) is 0 Å². The number of carbonyl (C=O) groups is 1. The van der Waals surface area contributed by atoms with E-state index < -0.39 is 31.7 Å². The summed E-state index contributed by atoms with van der Waals surface area (Å²) in [6, 6.07) is 6.73. The number of halogens is 4. The Bertz CT molecular complexity index is 741. The molecule has 1 heterocycles. The smallest absolute Gasteiger partial charge is 0.330 e. The van der Waals surface area contributed by atoms with Crippen molar-refractivity contribution in [1.29, 1.82) is 0 Å². The molecule has 1 amide bonds. The molecular weight excluding hydrogens is 464 g/mol. The Morgan fingerprint density at radius 2 is 2.00 bits per heavy atom. The molecule has 1 aromatic rings. The molecule has 34 heavy (non-hydrogen) atoms. The van der Waals surface area contributed by atoms with E-state index in [4.69, 9.17) is 14.2 Å². The first-order chi connectivity index (χ1) is 16.2. The maximum Gasteiger partial charge on any atom is 0.330 e. The predicted octanol–water partition coefficient (Wildman–Crippen LogP) is 1.76. The summed E-state index contributed by atoms with van der Waals surface area (Å²) in [6.07, 6.45) is -5.33. The van der Waals surface area contributed by atoms with Gasteiger partial charge in [0, 0.05) is 45.4 Å². The van der Waals surface area contributed by atoms with Crippen molar-refractivity contribution >= 4 is 5.91 Å². The lowest BCUT2D eigenvalue weighted by Crippen LogP contribution is -2.51. The number of aliphatic hydroxyl groups excluding tert-OH is 1. The van der Waals surface area contributed by atoms with E-state index in [1.54, 1.807) is 29.2 Å². The number of ether oxygens (including phenoxy) is 4. The maximum absolute atomic E-state index is 13.0. The molecule has 8 nitrogen and oxygen atoms in total. The largest absolute Gasteiger partial charge is 0.497 e. The van der Waals surface area contributed by atoms with Crippen LogP contribution in [0.15, 0.2) is 24.3 Å². The van der Waals surface area contributed by atoms with Crippen molar-refractivity contribution in [2.75, 3.05) is 73.4 Å². The fraction of sp³-hybridized carbons (Fsp3) is 0.682. The topological polar surface area (TPSA) is 80.7 Å². The average Bonchev–Trinajstić information content (AvgIpc) is 2.81. The van der Waals surface area contributed by atoms with Crippen LogP contribution in [0, 0.1) is 0 Å². The lowest BCUT2D eigenvalue weighted by Gasteiger charge is -2.36. The first-order valence-corrected chi connectivity index (χ1v) is 10.8. The van der Waals surface area contributed by atoms with E-state index in [-0.39, 0.29) is 25.1 Å². The quantitative estimate of drug-likeness (QED) is 0.393. The molecule has 12 heteroatoms. The van der Waals surface area contributed by atoms with E-state index in [0.717, 1.165) is 0 Å². The van der Waals surface area contributed by atoms with Crippen LogP contribution < -0.4 is 4.74 Å². The number of carbonyl (C=O) groups excluding carboxylic acids is 1. The molecule has 0 bridgehead atoms. The van der Waals surface area contributed by atoms with E-state index in [2.05, 4.69) is 4.74 Å². The van der Waals surface area contributed by atoms with Gasteiger partial charge in [-0.1, -0.05) is 0 Å². The molecule has 1 aromatic carbocycles. The van der Waals surface area contributed by atoms with Gasteiger partial charge in [-0.25, -0.2) is 8.78 Å². The van der Waals surface area contributed by atoms with Crippen LogP contribution in [0.3, 0.4) is 0 Å². The molecule has 1 aliphatic heterocycles. The third-order valence-electron chi connectivity index (χ3n) is 5.23. The Labute approximate surface area is 196 Å². The number of hydrogen-bond donors (Lipinski definition) is 1. The molecule has 1 fully saturated rings.